The first-order valence-corrected chi connectivity index (χ1v) is 6.62. The molecule has 0 radical (unpaired) electrons. The number of nitrogens with zero attached hydrogens (tertiary/aromatic N) is 1. The van der Waals surface area contributed by atoms with Gasteiger partial charge < -0.3 is 10.2 Å². The fraction of sp³-hybridized carbons (Fsp3) is 0.667. The van der Waals surface area contributed by atoms with Crippen LogP contribution in [0.15, 0.2) is 17.5 Å². The van der Waals surface area contributed by atoms with Crippen LogP contribution in [-0.2, 0) is 0 Å². The van der Waals surface area contributed by atoms with Gasteiger partial charge in [0.25, 0.3) is 0 Å². The second-order valence-electron chi connectivity index (χ2n) is 3.67. The predicted molar refractivity (Wildman–Crippen MR) is 68.5 cm³/mol. The van der Waals surface area contributed by atoms with E-state index in [-0.39, 0.29) is 0 Å². The van der Waals surface area contributed by atoms with E-state index in [1.54, 1.807) is 0 Å². The first-order valence-electron chi connectivity index (χ1n) is 5.74. The Labute approximate surface area is 97.3 Å². The highest BCUT2D eigenvalue weighted by atomic mass is 32.1. The Morgan fingerprint density at radius 1 is 1.40 bits per heavy atom. The highest BCUT2D eigenvalue weighted by Gasteiger charge is 2.11. The third kappa shape index (κ3) is 3.93. The molecule has 3 heteroatoms. The van der Waals surface area contributed by atoms with Crippen LogP contribution >= 0.6 is 11.3 Å². The van der Waals surface area contributed by atoms with Crippen molar-refractivity contribution in [2.75, 3.05) is 26.7 Å². The van der Waals surface area contributed by atoms with Crippen LogP contribution in [0.25, 0.3) is 0 Å². The largest absolute Gasteiger partial charge is 0.312 e. The molecule has 1 atom stereocenters. The van der Waals surface area contributed by atoms with E-state index in [9.17, 15) is 0 Å². The van der Waals surface area contributed by atoms with Gasteiger partial charge in [0.15, 0.2) is 0 Å². The molecule has 1 N–H and O–H groups in total. The number of thiophene rings is 1. The van der Waals surface area contributed by atoms with Gasteiger partial charge in [0.05, 0.1) is 0 Å². The Bertz CT molecular complexity index is 242. The summed E-state index contributed by atoms with van der Waals surface area (Å²) in [5.41, 5.74) is 0. The highest BCUT2D eigenvalue weighted by molar-refractivity contribution is 7.10. The molecule has 0 amide bonds. The van der Waals surface area contributed by atoms with E-state index in [0.717, 1.165) is 13.1 Å². The van der Waals surface area contributed by atoms with Crippen LogP contribution < -0.4 is 5.32 Å². The summed E-state index contributed by atoms with van der Waals surface area (Å²) in [6.45, 7) is 7.93. The Morgan fingerprint density at radius 3 is 2.60 bits per heavy atom. The van der Waals surface area contributed by atoms with Gasteiger partial charge in [0, 0.05) is 10.9 Å². The van der Waals surface area contributed by atoms with E-state index in [0.29, 0.717) is 6.04 Å². The van der Waals surface area contributed by atoms with Gasteiger partial charge in [0.1, 0.15) is 0 Å². The molecule has 2 nitrogen and oxygen atoms in total. The molecule has 15 heavy (non-hydrogen) atoms. The quantitative estimate of drug-likeness (QED) is 0.769. The van der Waals surface area contributed by atoms with Crippen molar-refractivity contribution in [3.05, 3.63) is 22.4 Å². The van der Waals surface area contributed by atoms with Crippen molar-refractivity contribution in [3.63, 3.8) is 0 Å². The van der Waals surface area contributed by atoms with E-state index in [2.05, 4.69) is 41.6 Å². The van der Waals surface area contributed by atoms with Crippen molar-refractivity contribution in [2.45, 2.75) is 26.3 Å². The zero-order valence-electron chi connectivity index (χ0n) is 9.99. The summed E-state index contributed by atoms with van der Waals surface area (Å²) < 4.78 is 0. The van der Waals surface area contributed by atoms with Crippen molar-refractivity contribution < 1.29 is 0 Å². The lowest BCUT2D eigenvalue weighted by Gasteiger charge is -2.21. The molecule has 1 rings (SSSR count). The van der Waals surface area contributed by atoms with Crippen LogP contribution in [0.3, 0.4) is 0 Å². The van der Waals surface area contributed by atoms with Gasteiger partial charge in [-0.05, 0) is 44.5 Å². The van der Waals surface area contributed by atoms with Crippen LogP contribution in [0, 0.1) is 0 Å². The highest BCUT2D eigenvalue weighted by Crippen LogP contribution is 2.21. The fourth-order valence-corrected chi connectivity index (χ4v) is 2.64. The van der Waals surface area contributed by atoms with Crippen molar-refractivity contribution in [2.24, 2.45) is 0 Å². The third-order valence-electron chi connectivity index (χ3n) is 2.86. The summed E-state index contributed by atoms with van der Waals surface area (Å²) in [7, 11) is 2.05. The Hall–Kier alpha value is -0.380. The second kappa shape index (κ2) is 6.99. The minimum absolute atomic E-state index is 0.519. The number of nitrogens with one attached hydrogen (secondary N) is 1. The van der Waals surface area contributed by atoms with Gasteiger partial charge in [-0.15, -0.1) is 11.3 Å². The molecule has 0 saturated heterocycles. The lowest BCUT2D eigenvalue weighted by molar-refractivity contribution is 0.285. The Morgan fingerprint density at radius 2 is 2.13 bits per heavy atom. The molecule has 1 unspecified atom stereocenters. The molecule has 0 fully saturated rings. The summed E-state index contributed by atoms with van der Waals surface area (Å²) in [5.74, 6) is 0. The molecule has 1 aromatic heterocycles. The van der Waals surface area contributed by atoms with Crippen molar-refractivity contribution in [3.8, 4) is 0 Å². The maximum absolute atomic E-state index is 3.39. The summed E-state index contributed by atoms with van der Waals surface area (Å²) in [5, 5.41) is 5.54. The van der Waals surface area contributed by atoms with E-state index < -0.39 is 0 Å². The van der Waals surface area contributed by atoms with Gasteiger partial charge in [-0.25, -0.2) is 0 Å². The number of rotatable bonds is 7. The summed E-state index contributed by atoms with van der Waals surface area (Å²) in [6, 6.07) is 4.86. The molecule has 0 aliphatic heterocycles. The van der Waals surface area contributed by atoms with Crippen LogP contribution in [0.5, 0.6) is 0 Å². The lowest BCUT2D eigenvalue weighted by atomic mass is 10.1. The average molecular weight is 226 g/mol. The van der Waals surface area contributed by atoms with Crippen LogP contribution in [0.1, 0.15) is 31.2 Å². The standard InChI is InChI=1S/C12H22N2S/c1-4-14(5-2)9-8-11(13-3)12-7-6-10-15-12/h6-7,10-11,13H,4-5,8-9H2,1-3H3. The minimum atomic E-state index is 0.519. The molecule has 0 aliphatic carbocycles. The van der Waals surface area contributed by atoms with Crippen molar-refractivity contribution >= 4 is 11.3 Å². The zero-order valence-corrected chi connectivity index (χ0v) is 10.8. The first kappa shape index (κ1) is 12.7. The minimum Gasteiger partial charge on any atom is -0.312 e. The van der Waals surface area contributed by atoms with Crippen LogP contribution in [0.2, 0.25) is 0 Å². The maximum atomic E-state index is 3.39. The third-order valence-corrected chi connectivity index (χ3v) is 3.85. The van der Waals surface area contributed by atoms with Crippen molar-refractivity contribution in [1.82, 2.24) is 10.2 Å². The predicted octanol–water partition coefficient (Wildman–Crippen LogP) is 2.74. The molecule has 0 bridgehead atoms. The van der Waals surface area contributed by atoms with Gasteiger partial charge in [-0.1, -0.05) is 19.9 Å². The molecule has 0 saturated carbocycles. The molecular formula is C12H22N2S. The van der Waals surface area contributed by atoms with E-state index in [1.165, 1.54) is 17.8 Å². The number of hydrogen-bond acceptors (Lipinski definition) is 3. The summed E-state index contributed by atoms with van der Waals surface area (Å²) in [6.07, 6.45) is 1.19. The SMILES string of the molecule is CCN(CC)CCC(NC)c1cccs1. The maximum Gasteiger partial charge on any atom is 0.0424 e. The Balaban J connectivity index is 2.41. The summed E-state index contributed by atoms with van der Waals surface area (Å²) in [4.78, 5) is 3.92. The van der Waals surface area contributed by atoms with E-state index >= 15 is 0 Å². The van der Waals surface area contributed by atoms with Gasteiger partial charge in [0.2, 0.25) is 0 Å². The molecule has 1 aromatic rings. The van der Waals surface area contributed by atoms with Crippen molar-refractivity contribution in [1.29, 1.82) is 0 Å². The smallest absolute Gasteiger partial charge is 0.0424 e. The molecule has 1 heterocycles. The lowest BCUT2D eigenvalue weighted by Crippen LogP contribution is -2.27. The molecular weight excluding hydrogens is 204 g/mol. The topological polar surface area (TPSA) is 15.3 Å². The summed E-state index contributed by atoms with van der Waals surface area (Å²) >= 11 is 1.84. The molecule has 0 aliphatic rings. The van der Waals surface area contributed by atoms with E-state index in [4.69, 9.17) is 0 Å². The van der Waals surface area contributed by atoms with Gasteiger partial charge in [-0.2, -0.15) is 0 Å². The molecule has 0 aromatic carbocycles. The van der Waals surface area contributed by atoms with Gasteiger partial charge >= 0.3 is 0 Å². The van der Waals surface area contributed by atoms with Crippen LogP contribution in [-0.4, -0.2) is 31.6 Å². The zero-order chi connectivity index (χ0) is 11.1. The van der Waals surface area contributed by atoms with E-state index in [1.807, 2.05) is 18.4 Å². The monoisotopic (exact) mass is 226 g/mol. The number of hydrogen-bond donors (Lipinski definition) is 1. The average Bonchev–Trinajstić information content (AvgIpc) is 2.78. The normalized spacial score (nSPS) is 13.3. The fourth-order valence-electron chi connectivity index (χ4n) is 1.77. The second-order valence-corrected chi connectivity index (χ2v) is 4.65. The Kier molecular flexibility index (Phi) is 5.91. The first-order chi connectivity index (χ1) is 7.31. The molecule has 86 valence electrons. The van der Waals surface area contributed by atoms with Gasteiger partial charge in [-0.3, -0.25) is 0 Å². The van der Waals surface area contributed by atoms with Crippen LogP contribution in [0.4, 0.5) is 0 Å². The molecule has 0 spiro atoms.